The fourth-order valence-electron chi connectivity index (χ4n) is 1.78. The van der Waals surface area contributed by atoms with Crippen LogP contribution in [0.25, 0.3) is 5.69 Å². The highest BCUT2D eigenvalue weighted by atomic mass is 32.2. The summed E-state index contributed by atoms with van der Waals surface area (Å²) in [5, 5.41) is 0.770. The van der Waals surface area contributed by atoms with Crippen molar-refractivity contribution in [3.8, 4) is 5.69 Å². The molecule has 1 aromatic carbocycles. The summed E-state index contributed by atoms with van der Waals surface area (Å²) in [6.45, 7) is 0. The summed E-state index contributed by atoms with van der Waals surface area (Å²) in [5.41, 5.74) is 8.07. The van der Waals surface area contributed by atoms with E-state index in [9.17, 15) is 0 Å². The highest BCUT2D eigenvalue weighted by molar-refractivity contribution is 7.98. The van der Waals surface area contributed by atoms with Crippen LogP contribution in [-0.4, -0.2) is 19.5 Å². The predicted molar refractivity (Wildman–Crippen MR) is 79.6 cm³/mol. The first-order chi connectivity index (χ1) is 9.83. The number of benzene rings is 1. The molecule has 2 heterocycles. The molecule has 0 bridgehead atoms. The smallest absolute Gasteiger partial charge is 0.156 e. The lowest BCUT2D eigenvalue weighted by Gasteiger charge is -2.05. The maximum absolute atomic E-state index is 5.77. The minimum Gasteiger partial charge on any atom is -0.381 e. The van der Waals surface area contributed by atoms with Crippen LogP contribution < -0.4 is 5.73 Å². The van der Waals surface area contributed by atoms with Crippen LogP contribution in [0.3, 0.4) is 0 Å². The van der Waals surface area contributed by atoms with Crippen molar-refractivity contribution in [2.24, 2.45) is 0 Å². The summed E-state index contributed by atoms with van der Waals surface area (Å²) in [6.07, 6.45) is 8.72. The lowest BCUT2D eigenvalue weighted by molar-refractivity contribution is 1.05. The Morgan fingerprint density at radius 1 is 1.05 bits per heavy atom. The van der Waals surface area contributed by atoms with Gasteiger partial charge in [0.2, 0.25) is 0 Å². The summed E-state index contributed by atoms with van der Waals surface area (Å²) < 4.78 is 1.97. The molecule has 0 fully saturated rings. The molecule has 0 atom stereocenters. The van der Waals surface area contributed by atoms with Gasteiger partial charge in [0.05, 0.1) is 6.33 Å². The number of imidazole rings is 1. The quantitative estimate of drug-likeness (QED) is 0.745. The van der Waals surface area contributed by atoms with Gasteiger partial charge in [-0.1, -0.05) is 23.9 Å². The minimum atomic E-state index is 0.479. The highest BCUT2D eigenvalue weighted by Crippen LogP contribution is 2.24. The maximum Gasteiger partial charge on any atom is 0.156 e. The first kappa shape index (κ1) is 12.7. The van der Waals surface area contributed by atoms with E-state index in [4.69, 9.17) is 5.73 Å². The summed E-state index contributed by atoms with van der Waals surface area (Å²) in [5.74, 6) is 1.29. The first-order valence-corrected chi connectivity index (χ1v) is 7.08. The predicted octanol–water partition coefficient (Wildman–Crippen LogP) is 2.54. The van der Waals surface area contributed by atoms with Crippen molar-refractivity contribution in [1.82, 2.24) is 19.5 Å². The van der Waals surface area contributed by atoms with E-state index >= 15 is 0 Å². The lowest BCUT2D eigenvalue weighted by Crippen LogP contribution is -1.95. The van der Waals surface area contributed by atoms with E-state index in [2.05, 4.69) is 39.2 Å². The van der Waals surface area contributed by atoms with Crippen LogP contribution >= 0.6 is 11.8 Å². The normalized spacial score (nSPS) is 10.6. The van der Waals surface area contributed by atoms with Gasteiger partial charge in [0.15, 0.2) is 5.82 Å². The third kappa shape index (κ3) is 2.80. The number of thioether (sulfide) groups is 1. The van der Waals surface area contributed by atoms with Crippen molar-refractivity contribution >= 4 is 17.6 Å². The molecule has 3 rings (SSSR count). The molecule has 0 saturated carbocycles. The van der Waals surface area contributed by atoms with Gasteiger partial charge in [-0.15, -0.1) is 0 Å². The minimum absolute atomic E-state index is 0.479. The van der Waals surface area contributed by atoms with Gasteiger partial charge in [-0.3, -0.25) is 0 Å². The van der Waals surface area contributed by atoms with E-state index in [-0.39, 0.29) is 0 Å². The van der Waals surface area contributed by atoms with Crippen LogP contribution in [0.2, 0.25) is 0 Å². The SMILES string of the molecule is Nc1nccnc1SCc1ccc(-n2ccnc2)cc1. The van der Waals surface area contributed by atoms with Crippen LogP contribution in [0, 0.1) is 0 Å². The van der Waals surface area contributed by atoms with Crippen molar-refractivity contribution in [3.63, 3.8) is 0 Å². The van der Waals surface area contributed by atoms with E-state index in [0.717, 1.165) is 16.5 Å². The highest BCUT2D eigenvalue weighted by Gasteiger charge is 2.03. The molecule has 0 amide bonds. The number of rotatable bonds is 4. The molecule has 100 valence electrons. The summed E-state index contributed by atoms with van der Waals surface area (Å²) in [7, 11) is 0. The van der Waals surface area contributed by atoms with Gasteiger partial charge < -0.3 is 10.3 Å². The zero-order chi connectivity index (χ0) is 13.8. The topological polar surface area (TPSA) is 69.6 Å². The van der Waals surface area contributed by atoms with E-state index in [1.165, 1.54) is 5.56 Å². The molecule has 0 unspecified atom stereocenters. The van der Waals surface area contributed by atoms with E-state index in [1.807, 2.05) is 10.8 Å². The molecule has 0 aliphatic heterocycles. The molecule has 2 aromatic heterocycles. The molecule has 0 spiro atoms. The van der Waals surface area contributed by atoms with Gasteiger partial charge in [0.25, 0.3) is 0 Å². The summed E-state index contributed by atoms with van der Waals surface area (Å²) in [6, 6.07) is 8.32. The number of nitrogen functional groups attached to an aromatic ring is 1. The molecule has 0 aliphatic carbocycles. The fraction of sp³-hybridized carbons (Fsp3) is 0.0714. The van der Waals surface area contributed by atoms with Crippen molar-refractivity contribution in [2.75, 3.05) is 5.73 Å². The average Bonchev–Trinajstić information content (AvgIpc) is 3.01. The van der Waals surface area contributed by atoms with Crippen LogP contribution in [0.5, 0.6) is 0 Å². The maximum atomic E-state index is 5.77. The fourth-order valence-corrected chi connectivity index (χ4v) is 2.61. The van der Waals surface area contributed by atoms with Crippen molar-refractivity contribution < 1.29 is 0 Å². The zero-order valence-electron chi connectivity index (χ0n) is 10.7. The number of nitrogens with zero attached hydrogens (tertiary/aromatic N) is 4. The van der Waals surface area contributed by atoms with Crippen molar-refractivity contribution in [3.05, 3.63) is 60.9 Å². The number of nitrogens with two attached hydrogens (primary N) is 1. The first-order valence-electron chi connectivity index (χ1n) is 6.09. The third-order valence-corrected chi connectivity index (χ3v) is 3.87. The standard InChI is InChI=1S/C14H13N5S/c15-13-14(18-6-5-17-13)20-9-11-1-3-12(4-2-11)19-8-7-16-10-19/h1-8,10H,9H2,(H2,15,17). The molecule has 2 N–H and O–H groups in total. The van der Waals surface area contributed by atoms with E-state index < -0.39 is 0 Å². The third-order valence-electron chi connectivity index (χ3n) is 2.81. The van der Waals surface area contributed by atoms with E-state index in [1.54, 1.807) is 36.7 Å². The van der Waals surface area contributed by atoms with Crippen LogP contribution in [0.4, 0.5) is 5.82 Å². The van der Waals surface area contributed by atoms with Gasteiger partial charge in [-0.25, -0.2) is 15.0 Å². The summed E-state index contributed by atoms with van der Waals surface area (Å²) in [4.78, 5) is 12.3. The van der Waals surface area contributed by atoms with Gasteiger partial charge in [0, 0.05) is 36.2 Å². The Bertz CT molecular complexity index is 679. The molecule has 5 nitrogen and oxygen atoms in total. The average molecular weight is 283 g/mol. The lowest BCUT2D eigenvalue weighted by atomic mass is 10.2. The van der Waals surface area contributed by atoms with Crippen LogP contribution in [0.1, 0.15) is 5.56 Å². The largest absolute Gasteiger partial charge is 0.381 e. The molecular formula is C14H13N5S. The number of anilines is 1. The van der Waals surface area contributed by atoms with Crippen molar-refractivity contribution in [2.45, 2.75) is 10.8 Å². The van der Waals surface area contributed by atoms with Gasteiger partial charge in [-0.2, -0.15) is 0 Å². The van der Waals surface area contributed by atoms with Crippen molar-refractivity contribution in [1.29, 1.82) is 0 Å². The Morgan fingerprint density at radius 3 is 2.55 bits per heavy atom. The Balaban J connectivity index is 1.68. The summed E-state index contributed by atoms with van der Waals surface area (Å²) >= 11 is 1.59. The Hall–Kier alpha value is -2.34. The van der Waals surface area contributed by atoms with Gasteiger partial charge in [0.1, 0.15) is 5.03 Å². The molecule has 3 aromatic rings. The number of aromatic nitrogens is 4. The molecule has 6 heteroatoms. The zero-order valence-corrected chi connectivity index (χ0v) is 11.5. The number of hydrogen-bond acceptors (Lipinski definition) is 5. The Labute approximate surface area is 120 Å². The second-order valence-electron chi connectivity index (χ2n) is 4.17. The van der Waals surface area contributed by atoms with Crippen LogP contribution in [-0.2, 0) is 5.75 Å². The van der Waals surface area contributed by atoms with Gasteiger partial charge in [-0.05, 0) is 17.7 Å². The number of hydrogen-bond donors (Lipinski definition) is 1. The molecule has 20 heavy (non-hydrogen) atoms. The Morgan fingerprint density at radius 2 is 1.85 bits per heavy atom. The second-order valence-corrected chi connectivity index (χ2v) is 5.14. The molecular weight excluding hydrogens is 270 g/mol. The van der Waals surface area contributed by atoms with Crippen LogP contribution in [0.15, 0.2) is 60.4 Å². The monoisotopic (exact) mass is 283 g/mol. The Kier molecular flexibility index (Phi) is 3.64. The molecule has 0 aliphatic rings. The molecule has 0 saturated heterocycles. The second kappa shape index (κ2) is 5.75. The van der Waals surface area contributed by atoms with Gasteiger partial charge >= 0.3 is 0 Å². The van der Waals surface area contributed by atoms with E-state index in [0.29, 0.717) is 5.82 Å². The molecule has 0 radical (unpaired) electrons.